The quantitative estimate of drug-likeness (QED) is 0.484. The molecule has 0 spiro atoms. The van der Waals surface area contributed by atoms with Crippen molar-refractivity contribution in [2.75, 3.05) is 13.2 Å². The van der Waals surface area contributed by atoms with Crippen molar-refractivity contribution >= 4 is 17.7 Å². The molecule has 0 aromatic rings. The van der Waals surface area contributed by atoms with Gasteiger partial charge in [0.15, 0.2) is 0 Å². The van der Waals surface area contributed by atoms with E-state index in [1.165, 1.54) is 6.92 Å². The molecule has 1 atom stereocenters. The number of ether oxygens (including phenoxy) is 2. The molecule has 0 heterocycles. The van der Waals surface area contributed by atoms with E-state index < -0.39 is 17.9 Å². The first-order chi connectivity index (χ1) is 7.52. The molecule has 0 aliphatic heterocycles. The lowest BCUT2D eigenvalue weighted by atomic mass is 10.0. The van der Waals surface area contributed by atoms with Gasteiger partial charge in [-0.1, -0.05) is 6.92 Å². The summed E-state index contributed by atoms with van der Waals surface area (Å²) in [4.78, 5) is 33.7. The fourth-order valence-electron chi connectivity index (χ4n) is 1.08. The first-order valence-electron chi connectivity index (χ1n) is 5.35. The van der Waals surface area contributed by atoms with Crippen LogP contribution in [0.1, 0.15) is 33.6 Å². The molecule has 16 heavy (non-hydrogen) atoms. The van der Waals surface area contributed by atoms with Crippen LogP contribution in [0.5, 0.6) is 0 Å². The number of hydrogen-bond donors (Lipinski definition) is 0. The molecule has 0 bridgehead atoms. The molecule has 0 radical (unpaired) electrons. The highest BCUT2D eigenvalue weighted by atomic mass is 16.5. The van der Waals surface area contributed by atoms with Gasteiger partial charge in [0, 0.05) is 0 Å². The standard InChI is InChI=1S/C11H18O5/c1-4-6-16-10(13)7-9(8(3)12)11(14)15-5-2/h9H,4-7H2,1-3H3. The van der Waals surface area contributed by atoms with Gasteiger partial charge in [0.1, 0.15) is 11.7 Å². The lowest BCUT2D eigenvalue weighted by Gasteiger charge is -2.11. The summed E-state index contributed by atoms with van der Waals surface area (Å²) in [5.74, 6) is -2.63. The van der Waals surface area contributed by atoms with E-state index in [0.717, 1.165) is 0 Å². The molecule has 0 rings (SSSR count). The molecule has 5 nitrogen and oxygen atoms in total. The molecule has 0 aliphatic carbocycles. The van der Waals surface area contributed by atoms with E-state index in [0.29, 0.717) is 13.0 Å². The first-order valence-corrected chi connectivity index (χ1v) is 5.35. The maximum Gasteiger partial charge on any atom is 0.317 e. The summed E-state index contributed by atoms with van der Waals surface area (Å²) >= 11 is 0. The average Bonchev–Trinajstić information content (AvgIpc) is 2.22. The van der Waals surface area contributed by atoms with E-state index in [4.69, 9.17) is 9.47 Å². The number of carbonyl (C=O) groups excluding carboxylic acids is 3. The van der Waals surface area contributed by atoms with E-state index in [2.05, 4.69) is 0 Å². The lowest BCUT2D eigenvalue weighted by Crippen LogP contribution is -2.27. The van der Waals surface area contributed by atoms with Gasteiger partial charge >= 0.3 is 11.9 Å². The first kappa shape index (κ1) is 14.6. The van der Waals surface area contributed by atoms with Gasteiger partial charge in [0.2, 0.25) is 0 Å². The van der Waals surface area contributed by atoms with Crippen molar-refractivity contribution in [2.24, 2.45) is 5.92 Å². The van der Waals surface area contributed by atoms with Crippen molar-refractivity contribution in [3.05, 3.63) is 0 Å². The molecule has 0 fully saturated rings. The number of ketones is 1. The Morgan fingerprint density at radius 3 is 2.19 bits per heavy atom. The second kappa shape index (κ2) is 7.84. The van der Waals surface area contributed by atoms with Crippen LogP contribution < -0.4 is 0 Å². The van der Waals surface area contributed by atoms with Crippen molar-refractivity contribution in [1.82, 2.24) is 0 Å². The molecular formula is C11H18O5. The Kier molecular flexibility index (Phi) is 7.16. The summed E-state index contributed by atoms with van der Waals surface area (Å²) < 4.78 is 9.50. The van der Waals surface area contributed by atoms with Gasteiger partial charge in [0.25, 0.3) is 0 Å². The topological polar surface area (TPSA) is 69.7 Å². The van der Waals surface area contributed by atoms with Crippen molar-refractivity contribution < 1.29 is 23.9 Å². The van der Waals surface area contributed by atoms with E-state index in [1.54, 1.807) is 6.92 Å². The molecule has 0 N–H and O–H groups in total. The van der Waals surface area contributed by atoms with Crippen LogP contribution >= 0.6 is 0 Å². The van der Waals surface area contributed by atoms with E-state index in [9.17, 15) is 14.4 Å². The number of hydrogen-bond acceptors (Lipinski definition) is 5. The van der Waals surface area contributed by atoms with Crippen LogP contribution in [0, 0.1) is 5.92 Å². The Labute approximate surface area is 95.1 Å². The predicted octanol–water partition coefficient (Wildman–Crippen LogP) is 1.10. The smallest absolute Gasteiger partial charge is 0.317 e. The third-order valence-corrected chi connectivity index (χ3v) is 1.90. The zero-order chi connectivity index (χ0) is 12.6. The summed E-state index contributed by atoms with van der Waals surface area (Å²) in [6, 6.07) is 0. The number of carbonyl (C=O) groups is 3. The molecule has 0 aliphatic rings. The average molecular weight is 230 g/mol. The maximum atomic E-state index is 11.3. The van der Waals surface area contributed by atoms with Crippen LogP contribution in [0.2, 0.25) is 0 Å². The molecule has 0 aromatic carbocycles. The fourth-order valence-corrected chi connectivity index (χ4v) is 1.08. The molecular weight excluding hydrogens is 212 g/mol. The van der Waals surface area contributed by atoms with Crippen LogP contribution in [-0.4, -0.2) is 30.9 Å². The molecule has 92 valence electrons. The second-order valence-corrected chi connectivity index (χ2v) is 3.34. The van der Waals surface area contributed by atoms with Gasteiger partial charge < -0.3 is 9.47 Å². The van der Waals surface area contributed by atoms with Gasteiger partial charge in [-0.3, -0.25) is 14.4 Å². The summed E-state index contributed by atoms with van der Waals surface area (Å²) in [5.41, 5.74) is 0. The van der Waals surface area contributed by atoms with Gasteiger partial charge in [-0.2, -0.15) is 0 Å². The Bertz CT molecular complexity index is 259. The summed E-state index contributed by atoms with van der Waals surface area (Å²) in [7, 11) is 0. The summed E-state index contributed by atoms with van der Waals surface area (Å²) in [5, 5.41) is 0. The molecule has 0 amide bonds. The van der Waals surface area contributed by atoms with Crippen molar-refractivity contribution in [3.8, 4) is 0 Å². The normalized spacial score (nSPS) is 11.7. The summed E-state index contributed by atoms with van der Waals surface area (Å²) in [6.45, 7) is 5.25. The van der Waals surface area contributed by atoms with Gasteiger partial charge in [-0.25, -0.2) is 0 Å². The van der Waals surface area contributed by atoms with Crippen LogP contribution in [-0.2, 0) is 23.9 Å². The Balaban J connectivity index is 4.28. The van der Waals surface area contributed by atoms with E-state index >= 15 is 0 Å². The number of Topliss-reactive ketones (excluding diaryl/α,β-unsaturated/α-hetero) is 1. The Morgan fingerprint density at radius 1 is 1.12 bits per heavy atom. The van der Waals surface area contributed by atoms with E-state index in [1.807, 2.05) is 6.92 Å². The zero-order valence-corrected chi connectivity index (χ0v) is 9.95. The van der Waals surface area contributed by atoms with Crippen LogP contribution in [0.4, 0.5) is 0 Å². The highest BCUT2D eigenvalue weighted by Crippen LogP contribution is 2.09. The highest BCUT2D eigenvalue weighted by molar-refractivity contribution is 6.00. The van der Waals surface area contributed by atoms with Crippen molar-refractivity contribution in [1.29, 1.82) is 0 Å². The van der Waals surface area contributed by atoms with Gasteiger partial charge in [-0.05, 0) is 20.3 Å². The minimum absolute atomic E-state index is 0.187. The molecule has 1 unspecified atom stereocenters. The second-order valence-electron chi connectivity index (χ2n) is 3.34. The minimum atomic E-state index is -1.04. The number of esters is 2. The van der Waals surface area contributed by atoms with Crippen LogP contribution in [0.15, 0.2) is 0 Å². The number of rotatable bonds is 7. The largest absolute Gasteiger partial charge is 0.466 e. The third kappa shape index (κ3) is 5.48. The highest BCUT2D eigenvalue weighted by Gasteiger charge is 2.28. The lowest BCUT2D eigenvalue weighted by molar-refractivity contribution is -0.157. The monoisotopic (exact) mass is 230 g/mol. The Hall–Kier alpha value is -1.39. The third-order valence-electron chi connectivity index (χ3n) is 1.90. The minimum Gasteiger partial charge on any atom is -0.466 e. The van der Waals surface area contributed by atoms with E-state index in [-0.39, 0.29) is 18.8 Å². The van der Waals surface area contributed by atoms with Crippen molar-refractivity contribution in [2.45, 2.75) is 33.6 Å². The summed E-state index contributed by atoms with van der Waals surface area (Å²) in [6.07, 6.45) is 0.462. The maximum absolute atomic E-state index is 11.3. The predicted molar refractivity (Wildman–Crippen MR) is 56.7 cm³/mol. The SMILES string of the molecule is CCCOC(=O)CC(C(C)=O)C(=O)OCC. The fraction of sp³-hybridized carbons (Fsp3) is 0.727. The molecule has 5 heteroatoms. The van der Waals surface area contributed by atoms with Gasteiger partial charge in [-0.15, -0.1) is 0 Å². The molecule has 0 saturated carbocycles. The molecule has 0 saturated heterocycles. The van der Waals surface area contributed by atoms with Gasteiger partial charge in [0.05, 0.1) is 19.6 Å². The molecule has 0 aromatic heterocycles. The zero-order valence-electron chi connectivity index (χ0n) is 9.95. The van der Waals surface area contributed by atoms with Crippen molar-refractivity contribution in [3.63, 3.8) is 0 Å². The Morgan fingerprint density at radius 2 is 1.75 bits per heavy atom. The van der Waals surface area contributed by atoms with Crippen LogP contribution in [0.3, 0.4) is 0 Å². The van der Waals surface area contributed by atoms with Crippen LogP contribution in [0.25, 0.3) is 0 Å².